The van der Waals surface area contributed by atoms with Gasteiger partial charge in [0.2, 0.25) is 0 Å². The number of imidazole rings is 1. The quantitative estimate of drug-likeness (QED) is 0.619. The molecule has 0 saturated heterocycles. The third-order valence-electron chi connectivity index (χ3n) is 1.78. The molecule has 1 heterocycles. The summed E-state index contributed by atoms with van der Waals surface area (Å²) in [7, 11) is 0. The average molecular weight is 136 g/mol. The maximum Gasteiger partial charge on any atom is 0.168 e. The van der Waals surface area contributed by atoms with Crippen molar-refractivity contribution in [2.45, 2.75) is 18.8 Å². The van der Waals surface area contributed by atoms with Gasteiger partial charge in [-0.2, -0.15) is 0 Å². The molecule has 2 rings (SSSR count). The number of H-pyrrole nitrogens is 1. The Balaban J connectivity index is 2.37. The molecule has 1 aromatic heterocycles. The zero-order valence-corrected chi connectivity index (χ0v) is 5.50. The van der Waals surface area contributed by atoms with Gasteiger partial charge in [0, 0.05) is 5.92 Å². The average Bonchev–Trinajstić information content (AvgIpc) is 2.69. The van der Waals surface area contributed by atoms with Gasteiger partial charge in [0.05, 0.1) is 12.0 Å². The van der Waals surface area contributed by atoms with E-state index in [2.05, 4.69) is 9.97 Å². The van der Waals surface area contributed by atoms with Crippen LogP contribution in [0.2, 0.25) is 0 Å². The van der Waals surface area contributed by atoms with E-state index >= 15 is 0 Å². The van der Waals surface area contributed by atoms with Crippen LogP contribution in [0.4, 0.5) is 0 Å². The number of aldehydes is 1. The first-order valence-electron chi connectivity index (χ1n) is 3.40. The molecule has 3 heteroatoms. The molecule has 1 aliphatic rings. The molecular formula is C7H8N2O. The fourth-order valence-electron chi connectivity index (χ4n) is 1.09. The van der Waals surface area contributed by atoms with Crippen LogP contribution in [0.15, 0.2) is 6.33 Å². The lowest BCUT2D eigenvalue weighted by Gasteiger charge is -1.88. The number of carbonyl (C=O) groups is 1. The van der Waals surface area contributed by atoms with Crippen molar-refractivity contribution >= 4 is 6.29 Å². The number of aromatic amines is 1. The number of hydrogen-bond acceptors (Lipinski definition) is 2. The molecule has 3 nitrogen and oxygen atoms in total. The van der Waals surface area contributed by atoms with Gasteiger partial charge in [-0.25, -0.2) is 4.98 Å². The van der Waals surface area contributed by atoms with Crippen LogP contribution in [0.5, 0.6) is 0 Å². The summed E-state index contributed by atoms with van der Waals surface area (Å²) in [5.74, 6) is 0.562. The number of hydrogen-bond donors (Lipinski definition) is 1. The Bertz CT molecular complexity index is 250. The van der Waals surface area contributed by atoms with E-state index in [1.807, 2.05) is 0 Å². The molecule has 1 aliphatic carbocycles. The molecule has 52 valence electrons. The van der Waals surface area contributed by atoms with E-state index in [1.165, 1.54) is 12.8 Å². The third-order valence-corrected chi connectivity index (χ3v) is 1.78. The van der Waals surface area contributed by atoms with E-state index in [4.69, 9.17) is 0 Å². The lowest BCUT2D eigenvalue weighted by molar-refractivity contribution is 0.111. The lowest BCUT2D eigenvalue weighted by atomic mass is 10.2. The summed E-state index contributed by atoms with van der Waals surface area (Å²) in [6, 6.07) is 0. The number of nitrogens with zero attached hydrogens (tertiary/aromatic N) is 1. The van der Waals surface area contributed by atoms with E-state index in [1.54, 1.807) is 6.33 Å². The van der Waals surface area contributed by atoms with Crippen LogP contribution in [0.1, 0.15) is 34.9 Å². The van der Waals surface area contributed by atoms with Gasteiger partial charge < -0.3 is 4.98 Å². The van der Waals surface area contributed by atoms with Crippen molar-refractivity contribution in [2.75, 3.05) is 0 Å². The summed E-state index contributed by atoms with van der Waals surface area (Å²) in [5, 5.41) is 0. The highest BCUT2D eigenvalue weighted by molar-refractivity contribution is 5.73. The molecule has 1 N–H and O–H groups in total. The highest BCUT2D eigenvalue weighted by Crippen LogP contribution is 2.39. The van der Waals surface area contributed by atoms with Crippen molar-refractivity contribution in [1.29, 1.82) is 0 Å². The molecule has 0 aromatic carbocycles. The summed E-state index contributed by atoms with van der Waals surface area (Å²) in [4.78, 5) is 17.2. The minimum Gasteiger partial charge on any atom is -0.342 e. The minimum atomic E-state index is 0.562. The standard InChI is InChI=1S/C7H8N2O/c10-3-6-7(5-1-2-5)9-4-8-6/h3-5H,1-2H2,(H,8,9). The van der Waals surface area contributed by atoms with Gasteiger partial charge in [0.25, 0.3) is 0 Å². The monoisotopic (exact) mass is 136 g/mol. The third kappa shape index (κ3) is 0.744. The second-order valence-corrected chi connectivity index (χ2v) is 2.59. The van der Waals surface area contributed by atoms with Crippen LogP contribution in [0.25, 0.3) is 0 Å². The molecule has 1 aromatic rings. The van der Waals surface area contributed by atoms with E-state index in [9.17, 15) is 4.79 Å². The van der Waals surface area contributed by atoms with Crippen LogP contribution < -0.4 is 0 Å². The van der Waals surface area contributed by atoms with Gasteiger partial charge in [0.1, 0.15) is 5.69 Å². The van der Waals surface area contributed by atoms with Gasteiger partial charge >= 0.3 is 0 Å². The fourth-order valence-corrected chi connectivity index (χ4v) is 1.09. The number of nitrogens with one attached hydrogen (secondary N) is 1. The van der Waals surface area contributed by atoms with Crippen LogP contribution in [0, 0.1) is 0 Å². The first kappa shape index (κ1) is 5.65. The van der Waals surface area contributed by atoms with Crippen molar-refractivity contribution < 1.29 is 4.79 Å². The van der Waals surface area contributed by atoms with Crippen LogP contribution >= 0.6 is 0 Å². The molecule has 0 radical (unpaired) electrons. The highest BCUT2D eigenvalue weighted by atomic mass is 16.1. The van der Waals surface area contributed by atoms with Gasteiger partial charge in [0.15, 0.2) is 6.29 Å². The number of carbonyl (C=O) groups excluding carboxylic acids is 1. The maximum absolute atomic E-state index is 10.3. The Morgan fingerprint density at radius 2 is 2.50 bits per heavy atom. The first-order valence-corrected chi connectivity index (χ1v) is 3.40. The molecule has 0 unspecified atom stereocenters. The van der Waals surface area contributed by atoms with Crippen molar-refractivity contribution in [2.24, 2.45) is 0 Å². The summed E-state index contributed by atoms with van der Waals surface area (Å²) in [6.45, 7) is 0. The Hall–Kier alpha value is -1.12. The van der Waals surface area contributed by atoms with Crippen LogP contribution in [-0.2, 0) is 0 Å². The number of aromatic nitrogens is 2. The Labute approximate surface area is 58.5 Å². The molecular weight excluding hydrogens is 128 g/mol. The van der Waals surface area contributed by atoms with Gasteiger partial charge in [-0.1, -0.05) is 0 Å². The summed E-state index contributed by atoms with van der Waals surface area (Å²) in [6.07, 6.45) is 4.79. The molecule has 0 amide bonds. The largest absolute Gasteiger partial charge is 0.342 e. The predicted octanol–water partition coefficient (Wildman–Crippen LogP) is 1.10. The lowest BCUT2D eigenvalue weighted by Crippen LogP contribution is -1.86. The summed E-state index contributed by atoms with van der Waals surface area (Å²) in [5.41, 5.74) is 1.61. The SMILES string of the molecule is O=Cc1[nH]cnc1C1CC1. The summed E-state index contributed by atoms with van der Waals surface area (Å²) < 4.78 is 0. The Kier molecular flexibility index (Phi) is 1.09. The van der Waals surface area contributed by atoms with Crippen molar-refractivity contribution in [3.8, 4) is 0 Å². The molecule has 0 atom stereocenters. The normalized spacial score (nSPS) is 17.2. The van der Waals surface area contributed by atoms with E-state index in [0.717, 1.165) is 12.0 Å². The van der Waals surface area contributed by atoms with Gasteiger partial charge in [-0.05, 0) is 12.8 Å². The molecule has 1 fully saturated rings. The number of rotatable bonds is 2. The van der Waals surface area contributed by atoms with Crippen molar-refractivity contribution in [3.63, 3.8) is 0 Å². The first-order chi connectivity index (χ1) is 4.92. The smallest absolute Gasteiger partial charge is 0.168 e. The van der Waals surface area contributed by atoms with E-state index in [-0.39, 0.29) is 0 Å². The zero-order chi connectivity index (χ0) is 6.97. The van der Waals surface area contributed by atoms with Crippen LogP contribution in [-0.4, -0.2) is 16.3 Å². The van der Waals surface area contributed by atoms with E-state index in [0.29, 0.717) is 11.6 Å². The molecule has 0 aliphatic heterocycles. The minimum absolute atomic E-state index is 0.562. The predicted molar refractivity (Wildman–Crippen MR) is 36.0 cm³/mol. The molecule has 0 spiro atoms. The molecule has 1 saturated carbocycles. The highest BCUT2D eigenvalue weighted by Gasteiger charge is 2.27. The second-order valence-electron chi connectivity index (χ2n) is 2.59. The second kappa shape index (κ2) is 1.94. The van der Waals surface area contributed by atoms with Gasteiger partial charge in [-0.3, -0.25) is 4.79 Å². The Morgan fingerprint density at radius 1 is 1.70 bits per heavy atom. The van der Waals surface area contributed by atoms with E-state index < -0.39 is 0 Å². The summed E-state index contributed by atoms with van der Waals surface area (Å²) >= 11 is 0. The zero-order valence-electron chi connectivity index (χ0n) is 5.50. The van der Waals surface area contributed by atoms with Crippen LogP contribution in [0.3, 0.4) is 0 Å². The topological polar surface area (TPSA) is 45.8 Å². The van der Waals surface area contributed by atoms with Gasteiger partial charge in [-0.15, -0.1) is 0 Å². The molecule has 0 bridgehead atoms. The maximum atomic E-state index is 10.3. The molecule has 10 heavy (non-hydrogen) atoms. The van der Waals surface area contributed by atoms with Crippen molar-refractivity contribution in [3.05, 3.63) is 17.7 Å². The van der Waals surface area contributed by atoms with Crippen molar-refractivity contribution in [1.82, 2.24) is 9.97 Å². The fraction of sp³-hybridized carbons (Fsp3) is 0.429. The Morgan fingerprint density at radius 3 is 3.10 bits per heavy atom.